The highest BCUT2D eigenvalue weighted by molar-refractivity contribution is 5.41. The third kappa shape index (κ3) is 1.65. The smallest absolute Gasteiger partial charge is 0.198 e. The second-order valence-corrected chi connectivity index (χ2v) is 4.03. The highest BCUT2D eigenvalue weighted by Gasteiger charge is 2.07. The van der Waals surface area contributed by atoms with Crippen molar-refractivity contribution < 1.29 is 4.42 Å². The van der Waals surface area contributed by atoms with Gasteiger partial charge in [0, 0.05) is 5.92 Å². The van der Waals surface area contributed by atoms with Gasteiger partial charge in [-0.05, 0) is 18.1 Å². The van der Waals surface area contributed by atoms with Gasteiger partial charge in [0.25, 0.3) is 0 Å². The summed E-state index contributed by atoms with van der Waals surface area (Å²) in [5.74, 6) is 1.60. The van der Waals surface area contributed by atoms with Crippen LogP contribution >= 0.6 is 0 Å². The number of rotatable bonds is 1. The van der Waals surface area contributed by atoms with E-state index in [2.05, 4.69) is 37.9 Å². The molecule has 1 aromatic heterocycles. The van der Waals surface area contributed by atoms with Gasteiger partial charge in [-0.1, -0.05) is 32.9 Å². The Balaban J connectivity index is 2.61. The number of aromatic nitrogens is 1. The fraction of sp³-hybridized carbons (Fsp3) is 0.417. The second kappa shape index (κ2) is 3.45. The van der Waals surface area contributed by atoms with Crippen molar-refractivity contribution in [3.63, 3.8) is 0 Å². The summed E-state index contributed by atoms with van der Waals surface area (Å²) in [6, 6.07) is 0. The van der Waals surface area contributed by atoms with E-state index < -0.39 is 0 Å². The zero-order chi connectivity index (χ0) is 10.1. The number of nitrogens with zero attached hydrogens (tertiary/aromatic N) is 1. The van der Waals surface area contributed by atoms with E-state index in [-0.39, 0.29) is 0 Å². The Kier molecular flexibility index (Phi) is 2.28. The van der Waals surface area contributed by atoms with Crippen LogP contribution in [-0.2, 0) is 0 Å². The van der Waals surface area contributed by atoms with Crippen LogP contribution in [0.2, 0.25) is 0 Å². The lowest BCUT2D eigenvalue weighted by Gasteiger charge is -1.94. The summed E-state index contributed by atoms with van der Waals surface area (Å²) in [5, 5.41) is 0.978. The molecule has 1 aliphatic carbocycles. The zero-order valence-electron chi connectivity index (χ0n) is 8.82. The van der Waals surface area contributed by atoms with E-state index in [0.717, 1.165) is 16.7 Å². The minimum atomic E-state index is 0.350. The van der Waals surface area contributed by atoms with Crippen molar-refractivity contribution >= 4 is 12.2 Å². The van der Waals surface area contributed by atoms with Gasteiger partial charge in [0.1, 0.15) is 5.35 Å². The fourth-order valence-corrected chi connectivity index (χ4v) is 1.47. The van der Waals surface area contributed by atoms with Crippen LogP contribution in [0.15, 0.2) is 16.6 Å². The lowest BCUT2D eigenvalue weighted by molar-refractivity contribution is 0.448. The quantitative estimate of drug-likeness (QED) is 0.670. The minimum absolute atomic E-state index is 0.350. The molecule has 74 valence electrons. The lowest BCUT2D eigenvalue weighted by Crippen LogP contribution is -2.21. The molecule has 0 saturated heterocycles. The van der Waals surface area contributed by atoms with Gasteiger partial charge in [0.2, 0.25) is 0 Å². The summed E-state index contributed by atoms with van der Waals surface area (Å²) in [7, 11) is 0. The van der Waals surface area contributed by atoms with E-state index in [1.165, 1.54) is 0 Å². The van der Waals surface area contributed by atoms with E-state index >= 15 is 0 Å². The van der Waals surface area contributed by atoms with Crippen LogP contribution in [0.4, 0.5) is 0 Å². The first-order valence-corrected chi connectivity index (χ1v) is 5.04. The summed E-state index contributed by atoms with van der Waals surface area (Å²) < 4.78 is 5.65. The van der Waals surface area contributed by atoms with Gasteiger partial charge in [-0.2, -0.15) is 0 Å². The van der Waals surface area contributed by atoms with Crippen molar-refractivity contribution in [1.29, 1.82) is 0 Å². The predicted octanol–water partition coefficient (Wildman–Crippen LogP) is 1.56. The standard InChI is InChI=1S/C12H15NO/c1-8(2)12-13-10-7-9(3)5-4-6-11(10)14-12/h4-9H,1-3H3. The van der Waals surface area contributed by atoms with Crippen molar-refractivity contribution in [2.45, 2.75) is 26.7 Å². The van der Waals surface area contributed by atoms with Crippen LogP contribution < -0.4 is 10.8 Å². The molecular formula is C12H15NO. The fourth-order valence-electron chi connectivity index (χ4n) is 1.47. The summed E-state index contributed by atoms with van der Waals surface area (Å²) >= 11 is 0. The molecule has 1 heterocycles. The minimum Gasteiger partial charge on any atom is -0.440 e. The summed E-state index contributed by atoms with van der Waals surface area (Å²) in [5.41, 5.74) is 0.884. The van der Waals surface area contributed by atoms with Crippen LogP contribution in [-0.4, -0.2) is 4.98 Å². The van der Waals surface area contributed by atoms with Crippen molar-refractivity contribution in [3.8, 4) is 0 Å². The molecular weight excluding hydrogens is 174 g/mol. The Bertz CT molecular complexity index is 465. The van der Waals surface area contributed by atoms with Crippen LogP contribution in [0.1, 0.15) is 32.6 Å². The molecule has 14 heavy (non-hydrogen) atoms. The molecule has 0 fully saturated rings. The van der Waals surface area contributed by atoms with Crippen LogP contribution in [0.5, 0.6) is 0 Å². The van der Waals surface area contributed by atoms with E-state index in [4.69, 9.17) is 4.42 Å². The summed E-state index contributed by atoms with van der Waals surface area (Å²) in [6.45, 7) is 6.32. The van der Waals surface area contributed by atoms with Gasteiger partial charge in [-0.25, -0.2) is 4.98 Å². The van der Waals surface area contributed by atoms with Gasteiger partial charge in [-0.15, -0.1) is 0 Å². The zero-order valence-corrected chi connectivity index (χ0v) is 8.82. The van der Waals surface area contributed by atoms with Gasteiger partial charge in [0.05, 0.1) is 0 Å². The van der Waals surface area contributed by atoms with Crippen molar-refractivity contribution in [3.05, 3.63) is 28.8 Å². The summed E-state index contributed by atoms with van der Waals surface area (Å²) in [4.78, 5) is 4.47. The molecule has 0 aromatic carbocycles. The topological polar surface area (TPSA) is 26.0 Å². The Morgan fingerprint density at radius 1 is 1.43 bits per heavy atom. The van der Waals surface area contributed by atoms with Gasteiger partial charge in [0.15, 0.2) is 11.3 Å². The Morgan fingerprint density at radius 3 is 2.93 bits per heavy atom. The maximum Gasteiger partial charge on any atom is 0.198 e. The molecule has 1 atom stereocenters. The first-order chi connectivity index (χ1) is 6.66. The van der Waals surface area contributed by atoms with Crippen molar-refractivity contribution in [1.82, 2.24) is 4.98 Å². The molecule has 1 aromatic rings. The number of hydrogen-bond acceptors (Lipinski definition) is 2. The average molecular weight is 189 g/mol. The molecule has 2 nitrogen and oxygen atoms in total. The van der Waals surface area contributed by atoms with Gasteiger partial charge in [-0.3, -0.25) is 0 Å². The molecule has 0 N–H and O–H groups in total. The van der Waals surface area contributed by atoms with E-state index in [9.17, 15) is 0 Å². The molecule has 0 bridgehead atoms. The third-order valence-corrected chi connectivity index (χ3v) is 2.27. The highest BCUT2D eigenvalue weighted by atomic mass is 16.3. The number of hydrogen-bond donors (Lipinski definition) is 0. The maximum atomic E-state index is 5.65. The first kappa shape index (κ1) is 9.25. The highest BCUT2D eigenvalue weighted by Crippen LogP contribution is 2.07. The molecule has 1 unspecified atom stereocenters. The molecule has 0 amide bonds. The molecule has 0 saturated carbocycles. The molecule has 0 radical (unpaired) electrons. The molecule has 0 aliphatic heterocycles. The molecule has 1 aliphatic rings. The Morgan fingerprint density at radius 2 is 2.21 bits per heavy atom. The average Bonchev–Trinajstić information content (AvgIpc) is 2.42. The van der Waals surface area contributed by atoms with Crippen molar-refractivity contribution in [2.24, 2.45) is 5.92 Å². The number of allylic oxidation sites excluding steroid dienone is 2. The van der Waals surface area contributed by atoms with Crippen LogP contribution in [0.25, 0.3) is 12.2 Å². The lowest BCUT2D eigenvalue weighted by atomic mass is 10.1. The Hall–Kier alpha value is -1.31. The number of oxazole rings is 1. The SMILES string of the molecule is CC1C=CC=c2oc(C(C)C)nc2=C1. The van der Waals surface area contributed by atoms with Crippen molar-refractivity contribution in [2.75, 3.05) is 0 Å². The maximum absolute atomic E-state index is 5.65. The molecule has 2 heteroatoms. The van der Waals surface area contributed by atoms with Gasteiger partial charge < -0.3 is 4.42 Å². The van der Waals surface area contributed by atoms with Gasteiger partial charge >= 0.3 is 0 Å². The van der Waals surface area contributed by atoms with Crippen LogP contribution in [0.3, 0.4) is 0 Å². The second-order valence-electron chi connectivity index (χ2n) is 4.03. The van der Waals surface area contributed by atoms with E-state index in [1.54, 1.807) is 0 Å². The molecule has 2 rings (SSSR count). The largest absolute Gasteiger partial charge is 0.440 e. The van der Waals surface area contributed by atoms with Crippen LogP contribution in [0, 0.1) is 5.92 Å². The first-order valence-electron chi connectivity index (χ1n) is 5.04. The Labute approximate surface area is 83.7 Å². The third-order valence-electron chi connectivity index (χ3n) is 2.27. The normalized spacial score (nSPS) is 19.9. The molecule has 0 spiro atoms. The van der Waals surface area contributed by atoms with E-state index in [0.29, 0.717) is 11.8 Å². The monoisotopic (exact) mass is 189 g/mol. The number of fused-ring (bicyclic) bond motifs is 1. The summed E-state index contributed by atoms with van der Waals surface area (Å²) in [6.07, 6.45) is 8.27. The predicted molar refractivity (Wildman–Crippen MR) is 57.1 cm³/mol. The van der Waals surface area contributed by atoms with E-state index in [1.807, 2.05) is 12.2 Å².